The van der Waals surface area contributed by atoms with Gasteiger partial charge in [0.15, 0.2) is 0 Å². The van der Waals surface area contributed by atoms with Gasteiger partial charge in [0.05, 0.1) is 6.42 Å². The van der Waals surface area contributed by atoms with Crippen molar-refractivity contribution < 1.29 is 9.59 Å². The van der Waals surface area contributed by atoms with Crippen molar-refractivity contribution in [3.63, 3.8) is 0 Å². The minimum absolute atomic E-state index is 0.00867. The van der Waals surface area contributed by atoms with Crippen molar-refractivity contribution in [2.75, 3.05) is 13.1 Å². The summed E-state index contributed by atoms with van der Waals surface area (Å²) < 4.78 is 0. The number of carbonyl (C=O) groups is 2. The van der Waals surface area contributed by atoms with Crippen molar-refractivity contribution in [3.05, 3.63) is 78.0 Å². The second-order valence-corrected chi connectivity index (χ2v) is 8.46. The SMILES string of the molecule is CC(C)[C@H](NC(=O)Cc1ccccc1)C(=O)N1CC=C(c2c[nH]c3ccccc23)CC1. The number of benzene rings is 2. The first-order valence-electron chi connectivity index (χ1n) is 10.9. The van der Waals surface area contributed by atoms with Crippen molar-refractivity contribution >= 4 is 28.3 Å². The Labute approximate surface area is 183 Å². The smallest absolute Gasteiger partial charge is 0.245 e. The molecule has 2 N–H and O–H groups in total. The lowest BCUT2D eigenvalue weighted by molar-refractivity contribution is -0.137. The number of para-hydroxylation sites is 1. The van der Waals surface area contributed by atoms with Gasteiger partial charge in [-0.1, -0.05) is 68.5 Å². The fourth-order valence-electron chi connectivity index (χ4n) is 4.17. The van der Waals surface area contributed by atoms with Crippen molar-refractivity contribution in [3.8, 4) is 0 Å². The monoisotopic (exact) mass is 415 g/mol. The molecule has 5 nitrogen and oxygen atoms in total. The minimum atomic E-state index is -0.515. The van der Waals surface area contributed by atoms with Crippen LogP contribution in [0.1, 0.15) is 31.4 Å². The standard InChI is InChI=1S/C26H29N3O2/c1-18(2)25(28-24(30)16-19-8-4-3-5-9-19)26(31)29-14-12-20(13-15-29)22-17-27-23-11-7-6-10-21(22)23/h3-12,17-18,25,27H,13-16H2,1-2H3,(H,28,30)/t25-/m0/s1. The summed E-state index contributed by atoms with van der Waals surface area (Å²) in [6, 6.07) is 17.4. The highest BCUT2D eigenvalue weighted by molar-refractivity contribution is 5.93. The average Bonchev–Trinajstić information content (AvgIpc) is 3.22. The van der Waals surface area contributed by atoms with Crippen molar-refractivity contribution in [1.29, 1.82) is 0 Å². The first kappa shape index (κ1) is 20.9. The van der Waals surface area contributed by atoms with E-state index < -0.39 is 6.04 Å². The van der Waals surface area contributed by atoms with Crippen LogP contribution in [0.3, 0.4) is 0 Å². The maximum absolute atomic E-state index is 13.2. The molecule has 0 unspecified atom stereocenters. The molecule has 0 spiro atoms. The number of rotatable bonds is 6. The normalized spacial score (nSPS) is 15.1. The summed E-state index contributed by atoms with van der Waals surface area (Å²) in [6.07, 6.45) is 5.27. The number of nitrogens with one attached hydrogen (secondary N) is 2. The topological polar surface area (TPSA) is 65.2 Å². The second kappa shape index (κ2) is 9.21. The molecule has 0 saturated heterocycles. The summed E-state index contributed by atoms with van der Waals surface area (Å²) in [5, 5.41) is 4.18. The number of carbonyl (C=O) groups excluding carboxylic acids is 2. The molecule has 1 atom stereocenters. The fourth-order valence-corrected chi connectivity index (χ4v) is 4.17. The molecule has 2 amide bonds. The maximum Gasteiger partial charge on any atom is 0.245 e. The lowest BCUT2D eigenvalue weighted by atomic mass is 9.97. The summed E-state index contributed by atoms with van der Waals surface area (Å²) >= 11 is 0. The molecule has 0 bridgehead atoms. The summed E-state index contributed by atoms with van der Waals surface area (Å²) in [5.41, 5.74) is 4.53. The molecule has 2 heterocycles. The molecule has 0 radical (unpaired) electrons. The van der Waals surface area contributed by atoms with Gasteiger partial charge >= 0.3 is 0 Å². The number of aromatic amines is 1. The highest BCUT2D eigenvalue weighted by Gasteiger charge is 2.29. The van der Waals surface area contributed by atoms with Crippen LogP contribution in [0.15, 0.2) is 66.9 Å². The van der Waals surface area contributed by atoms with Crippen LogP contribution in [0.25, 0.3) is 16.5 Å². The molecule has 5 heteroatoms. The van der Waals surface area contributed by atoms with Crippen LogP contribution in [0.5, 0.6) is 0 Å². The minimum Gasteiger partial charge on any atom is -0.361 e. The van der Waals surface area contributed by atoms with Crippen molar-refractivity contribution in [2.45, 2.75) is 32.7 Å². The van der Waals surface area contributed by atoms with E-state index in [1.165, 1.54) is 16.5 Å². The zero-order valence-corrected chi connectivity index (χ0v) is 18.1. The molecular formula is C26H29N3O2. The Morgan fingerprint density at radius 1 is 1.06 bits per heavy atom. The van der Waals surface area contributed by atoms with Crippen LogP contribution < -0.4 is 5.32 Å². The third-order valence-corrected chi connectivity index (χ3v) is 5.91. The Kier molecular flexibility index (Phi) is 6.21. The lowest BCUT2D eigenvalue weighted by Crippen LogP contribution is -2.52. The van der Waals surface area contributed by atoms with Crippen LogP contribution in [-0.4, -0.2) is 40.8 Å². The van der Waals surface area contributed by atoms with Gasteiger partial charge in [0.2, 0.25) is 11.8 Å². The van der Waals surface area contributed by atoms with E-state index in [1.54, 1.807) is 0 Å². The van der Waals surface area contributed by atoms with E-state index >= 15 is 0 Å². The number of aromatic nitrogens is 1. The Balaban J connectivity index is 1.42. The number of amides is 2. The third kappa shape index (κ3) is 4.71. The van der Waals surface area contributed by atoms with Gasteiger partial charge in [-0.2, -0.15) is 0 Å². The average molecular weight is 416 g/mol. The van der Waals surface area contributed by atoms with Gasteiger partial charge in [-0.25, -0.2) is 0 Å². The van der Waals surface area contributed by atoms with Crippen LogP contribution in [0.2, 0.25) is 0 Å². The van der Waals surface area contributed by atoms with E-state index in [4.69, 9.17) is 0 Å². The molecule has 0 fully saturated rings. The van der Waals surface area contributed by atoms with Gasteiger partial charge in [0, 0.05) is 35.8 Å². The van der Waals surface area contributed by atoms with E-state index in [0.29, 0.717) is 13.1 Å². The van der Waals surface area contributed by atoms with Gasteiger partial charge in [-0.3, -0.25) is 9.59 Å². The van der Waals surface area contributed by atoms with Gasteiger partial charge in [-0.15, -0.1) is 0 Å². The molecular weight excluding hydrogens is 386 g/mol. The van der Waals surface area contributed by atoms with Gasteiger partial charge in [0.1, 0.15) is 6.04 Å². The highest BCUT2D eigenvalue weighted by Crippen LogP contribution is 2.29. The molecule has 0 aliphatic carbocycles. The largest absolute Gasteiger partial charge is 0.361 e. The molecule has 31 heavy (non-hydrogen) atoms. The van der Waals surface area contributed by atoms with E-state index in [2.05, 4.69) is 34.7 Å². The van der Waals surface area contributed by atoms with Crippen LogP contribution in [0.4, 0.5) is 0 Å². The lowest BCUT2D eigenvalue weighted by Gasteiger charge is -2.32. The molecule has 160 valence electrons. The van der Waals surface area contributed by atoms with E-state index in [1.807, 2.05) is 61.2 Å². The van der Waals surface area contributed by atoms with Gasteiger partial charge in [-0.05, 0) is 29.5 Å². The highest BCUT2D eigenvalue weighted by atomic mass is 16.2. The van der Waals surface area contributed by atoms with Crippen molar-refractivity contribution in [1.82, 2.24) is 15.2 Å². The number of hydrogen-bond donors (Lipinski definition) is 2. The van der Waals surface area contributed by atoms with Gasteiger partial charge < -0.3 is 15.2 Å². The fraction of sp³-hybridized carbons (Fsp3) is 0.308. The summed E-state index contributed by atoms with van der Waals surface area (Å²) in [6.45, 7) is 5.17. The zero-order valence-electron chi connectivity index (χ0n) is 18.1. The first-order chi connectivity index (χ1) is 15.0. The number of fused-ring (bicyclic) bond motifs is 1. The molecule has 1 aliphatic rings. The molecule has 1 aliphatic heterocycles. The Bertz CT molecular complexity index is 1100. The Hall–Kier alpha value is -3.34. The number of H-pyrrole nitrogens is 1. The van der Waals surface area contributed by atoms with E-state index in [-0.39, 0.29) is 24.2 Å². The predicted octanol–water partition coefficient (Wildman–Crippen LogP) is 4.17. The third-order valence-electron chi connectivity index (χ3n) is 5.91. The number of hydrogen-bond acceptors (Lipinski definition) is 2. The first-order valence-corrected chi connectivity index (χ1v) is 10.9. The quantitative estimate of drug-likeness (QED) is 0.635. The summed E-state index contributed by atoms with van der Waals surface area (Å²) in [7, 11) is 0. The predicted molar refractivity (Wildman–Crippen MR) is 124 cm³/mol. The van der Waals surface area contributed by atoms with E-state index in [0.717, 1.165) is 17.5 Å². The summed E-state index contributed by atoms with van der Waals surface area (Å²) in [5.74, 6) is -0.109. The maximum atomic E-state index is 13.2. The molecule has 0 saturated carbocycles. The van der Waals surface area contributed by atoms with Crippen LogP contribution >= 0.6 is 0 Å². The van der Waals surface area contributed by atoms with Gasteiger partial charge in [0.25, 0.3) is 0 Å². The number of nitrogens with zero attached hydrogens (tertiary/aromatic N) is 1. The summed E-state index contributed by atoms with van der Waals surface area (Å²) in [4.78, 5) is 30.9. The van der Waals surface area contributed by atoms with E-state index in [9.17, 15) is 9.59 Å². The van der Waals surface area contributed by atoms with Crippen LogP contribution in [0, 0.1) is 5.92 Å². The Morgan fingerprint density at radius 3 is 2.52 bits per heavy atom. The van der Waals surface area contributed by atoms with Crippen LogP contribution in [-0.2, 0) is 16.0 Å². The molecule has 3 aromatic rings. The Morgan fingerprint density at radius 2 is 1.81 bits per heavy atom. The second-order valence-electron chi connectivity index (χ2n) is 8.46. The molecule has 4 rings (SSSR count). The van der Waals surface area contributed by atoms with Crippen molar-refractivity contribution in [2.24, 2.45) is 5.92 Å². The molecule has 1 aromatic heterocycles. The molecule has 2 aromatic carbocycles. The zero-order chi connectivity index (χ0) is 21.8.